The van der Waals surface area contributed by atoms with Crippen molar-refractivity contribution < 1.29 is 4.74 Å². The van der Waals surface area contributed by atoms with Crippen molar-refractivity contribution in [3.63, 3.8) is 0 Å². The topological polar surface area (TPSA) is 56.5 Å². The summed E-state index contributed by atoms with van der Waals surface area (Å²) in [7, 11) is 0. The van der Waals surface area contributed by atoms with E-state index in [1.165, 1.54) is 11.1 Å². The minimum Gasteiger partial charge on any atom is -0.489 e. The summed E-state index contributed by atoms with van der Waals surface area (Å²) in [6.45, 7) is 4.09. The molecule has 0 aliphatic heterocycles. The lowest BCUT2D eigenvalue weighted by Crippen LogP contribution is -2.25. The second-order valence-corrected chi connectivity index (χ2v) is 9.44. The standard InChI is InChI=1S/C24H23Br2N3O2/c1-2-12-31-22-11-9-18(25)13-17(22)15-27-29-23(16-6-4-3-5-7-16)28-21-10-8-19(26)14-20(21)24(29)30/h2,8-11,13-16H,1,3-7,12H2. The van der Waals surface area contributed by atoms with Crippen molar-refractivity contribution in [2.24, 2.45) is 5.10 Å². The zero-order valence-electron chi connectivity index (χ0n) is 17.1. The lowest BCUT2D eigenvalue weighted by Gasteiger charge is -2.22. The maximum atomic E-state index is 13.4. The van der Waals surface area contributed by atoms with E-state index >= 15 is 0 Å². The van der Waals surface area contributed by atoms with E-state index in [0.717, 1.165) is 46.0 Å². The van der Waals surface area contributed by atoms with E-state index in [-0.39, 0.29) is 11.5 Å². The fraction of sp³-hybridized carbons (Fsp3) is 0.292. The molecule has 0 radical (unpaired) electrons. The van der Waals surface area contributed by atoms with Gasteiger partial charge in [-0.2, -0.15) is 9.78 Å². The lowest BCUT2D eigenvalue weighted by molar-refractivity contribution is 0.362. The third-order valence-corrected chi connectivity index (χ3v) is 6.43. The first-order valence-electron chi connectivity index (χ1n) is 10.4. The van der Waals surface area contributed by atoms with Crippen LogP contribution in [-0.4, -0.2) is 22.5 Å². The molecule has 0 spiro atoms. The monoisotopic (exact) mass is 543 g/mol. The number of benzene rings is 2. The Morgan fingerprint density at radius 1 is 1.13 bits per heavy atom. The maximum Gasteiger partial charge on any atom is 0.282 e. The smallest absolute Gasteiger partial charge is 0.282 e. The van der Waals surface area contributed by atoms with Crippen molar-refractivity contribution in [3.8, 4) is 5.75 Å². The molecular formula is C24H23Br2N3O2. The van der Waals surface area contributed by atoms with Crippen molar-refractivity contribution in [2.75, 3.05) is 6.61 Å². The second-order valence-electron chi connectivity index (χ2n) is 7.61. The van der Waals surface area contributed by atoms with E-state index in [0.29, 0.717) is 23.3 Å². The number of fused-ring (bicyclic) bond motifs is 1. The third kappa shape index (κ3) is 4.99. The van der Waals surface area contributed by atoms with Gasteiger partial charge in [-0.1, -0.05) is 63.8 Å². The van der Waals surface area contributed by atoms with Crippen LogP contribution in [0.2, 0.25) is 0 Å². The first kappa shape index (κ1) is 22.0. The van der Waals surface area contributed by atoms with Crippen LogP contribution < -0.4 is 10.3 Å². The minimum absolute atomic E-state index is 0.160. The molecule has 7 heteroatoms. The molecule has 2 aromatic carbocycles. The zero-order chi connectivity index (χ0) is 21.8. The highest BCUT2D eigenvalue weighted by atomic mass is 79.9. The van der Waals surface area contributed by atoms with Crippen LogP contribution in [0, 0.1) is 0 Å². The Balaban J connectivity index is 1.84. The predicted octanol–water partition coefficient (Wildman–Crippen LogP) is 6.42. The quantitative estimate of drug-likeness (QED) is 0.266. The number of hydrogen-bond acceptors (Lipinski definition) is 4. The summed E-state index contributed by atoms with van der Waals surface area (Å²) in [4.78, 5) is 18.3. The van der Waals surface area contributed by atoms with Crippen molar-refractivity contribution in [2.45, 2.75) is 38.0 Å². The second kappa shape index (κ2) is 9.92. The lowest BCUT2D eigenvalue weighted by atomic mass is 9.88. The number of hydrogen-bond donors (Lipinski definition) is 0. The van der Waals surface area contributed by atoms with Crippen LogP contribution in [0.15, 0.2) is 67.9 Å². The molecule has 1 fully saturated rings. The molecule has 1 heterocycles. The Bertz CT molecular complexity index is 1200. The van der Waals surface area contributed by atoms with E-state index in [9.17, 15) is 4.79 Å². The van der Waals surface area contributed by atoms with Gasteiger partial charge in [-0.3, -0.25) is 4.79 Å². The number of rotatable bonds is 6. The molecule has 0 unspecified atom stereocenters. The predicted molar refractivity (Wildman–Crippen MR) is 132 cm³/mol. The Morgan fingerprint density at radius 3 is 2.65 bits per heavy atom. The van der Waals surface area contributed by atoms with E-state index < -0.39 is 0 Å². The molecule has 0 atom stereocenters. The number of aromatic nitrogens is 2. The summed E-state index contributed by atoms with van der Waals surface area (Å²) < 4.78 is 8.97. The Hall–Kier alpha value is -2.25. The van der Waals surface area contributed by atoms with Gasteiger partial charge >= 0.3 is 0 Å². The fourth-order valence-electron chi connectivity index (χ4n) is 3.92. The van der Waals surface area contributed by atoms with Crippen LogP contribution in [0.5, 0.6) is 5.75 Å². The Labute approximate surface area is 198 Å². The van der Waals surface area contributed by atoms with Crippen LogP contribution >= 0.6 is 31.9 Å². The van der Waals surface area contributed by atoms with E-state index in [1.807, 2.05) is 30.3 Å². The van der Waals surface area contributed by atoms with Crippen LogP contribution in [0.1, 0.15) is 49.4 Å². The SMILES string of the molecule is C=CCOc1ccc(Br)cc1C=Nn1c(C2CCCCC2)nc2ccc(Br)cc2c1=O. The summed E-state index contributed by atoms with van der Waals surface area (Å²) in [5.41, 5.74) is 1.32. The third-order valence-electron chi connectivity index (χ3n) is 5.44. The molecule has 4 rings (SSSR count). The van der Waals surface area contributed by atoms with E-state index in [1.54, 1.807) is 18.4 Å². The molecule has 3 aromatic rings. The molecule has 0 N–H and O–H groups in total. The minimum atomic E-state index is -0.160. The first-order valence-corrected chi connectivity index (χ1v) is 11.9. The maximum absolute atomic E-state index is 13.4. The number of halogens is 2. The highest BCUT2D eigenvalue weighted by Crippen LogP contribution is 2.32. The zero-order valence-corrected chi connectivity index (χ0v) is 20.2. The molecule has 1 aromatic heterocycles. The molecule has 1 aliphatic rings. The summed E-state index contributed by atoms with van der Waals surface area (Å²) in [6, 6.07) is 11.3. The number of ether oxygens (including phenoxy) is 1. The van der Waals surface area contributed by atoms with Crippen LogP contribution in [0.3, 0.4) is 0 Å². The van der Waals surface area contributed by atoms with Crippen LogP contribution in [0.4, 0.5) is 0 Å². The van der Waals surface area contributed by atoms with Crippen molar-refractivity contribution in [1.29, 1.82) is 0 Å². The molecule has 0 bridgehead atoms. The van der Waals surface area contributed by atoms with Gasteiger partial charge in [-0.15, -0.1) is 0 Å². The van der Waals surface area contributed by atoms with Gasteiger partial charge in [-0.25, -0.2) is 4.98 Å². The highest BCUT2D eigenvalue weighted by molar-refractivity contribution is 9.10. The molecule has 5 nitrogen and oxygen atoms in total. The van der Waals surface area contributed by atoms with Gasteiger partial charge < -0.3 is 4.74 Å². The summed E-state index contributed by atoms with van der Waals surface area (Å²) in [5.74, 6) is 1.64. The van der Waals surface area contributed by atoms with Crippen LogP contribution in [-0.2, 0) is 0 Å². The molecule has 0 saturated heterocycles. The van der Waals surface area contributed by atoms with Crippen molar-refractivity contribution in [3.05, 3.63) is 79.7 Å². The van der Waals surface area contributed by atoms with Crippen molar-refractivity contribution in [1.82, 2.24) is 9.66 Å². The fourth-order valence-corrected chi connectivity index (χ4v) is 4.66. The van der Waals surface area contributed by atoms with Gasteiger partial charge in [0.1, 0.15) is 18.2 Å². The molecule has 31 heavy (non-hydrogen) atoms. The molecule has 1 aliphatic carbocycles. The summed E-state index contributed by atoms with van der Waals surface area (Å²) in [6.07, 6.45) is 8.93. The normalized spacial score (nSPS) is 14.9. The summed E-state index contributed by atoms with van der Waals surface area (Å²) in [5, 5.41) is 5.16. The van der Waals surface area contributed by atoms with Gasteiger partial charge in [-0.05, 0) is 49.2 Å². The Kier molecular flexibility index (Phi) is 7.02. The van der Waals surface area contributed by atoms with Gasteiger partial charge in [0.25, 0.3) is 5.56 Å². The largest absolute Gasteiger partial charge is 0.489 e. The molecule has 1 saturated carbocycles. The van der Waals surface area contributed by atoms with E-state index in [4.69, 9.17) is 9.72 Å². The van der Waals surface area contributed by atoms with Gasteiger partial charge in [0.05, 0.1) is 17.1 Å². The Morgan fingerprint density at radius 2 is 1.87 bits per heavy atom. The number of nitrogens with zero attached hydrogens (tertiary/aromatic N) is 3. The molecular weight excluding hydrogens is 522 g/mol. The first-order chi connectivity index (χ1) is 15.1. The van der Waals surface area contributed by atoms with Crippen molar-refractivity contribution >= 4 is 49.0 Å². The van der Waals surface area contributed by atoms with Gasteiger partial charge in [0.2, 0.25) is 0 Å². The van der Waals surface area contributed by atoms with Gasteiger partial charge in [0.15, 0.2) is 0 Å². The summed E-state index contributed by atoms with van der Waals surface area (Å²) >= 11 is 6.96. The average Bonchev–Trinajstić information content (AvgIpc) is 2.78. The molecule has 0 amide bonds. The molecule has 160 valence electrons. The van der Waals surface area contributed by atoms with Crippen LogP contribution in [0.25, 0.3) is 10.9 Å². The highest BCUT2D eigenvalue weighted by Gasteiger charge is 2.22. The average molecular weight is 545 g/mol. The van der Waals surface area contributed by atoms with Gasteiger partial charge in [0, 0.05) is 20.4 Å². The van der Waals surface area contributed by atoms with E-state index in [2.05, 4.69) is 43.5 Å².